The Bertz CT molecular complexity index is 512. The third-order valence-electron chi connectivity index (χ3n) is 2.30. The molecule has 0 unspecified atom stereocenters. The van der Waals surface area contributed by atoms with Gasteiger partial charge in [-0.1, -0.05) is 27.7 Å². The molecule has 0 amide bonds. The summed E-state index contributed by atoms with van der Waals surface area (Å²) < 4.78 is 0. The number of rotatable bonds is 2. The van der Waals surface area contributed by atoms with Crippen LogP contribution >= 0.6 is 22.7 Å². The minimum absolute atomic E-state index is 0.0803. The third-order valence-corrected chi connectivity index (χ3v) is 4.62. The zero-order valence-corrected chi connectivity index (χ0v) is 14.8. The van der Waals surface area contributed by atoms with E-state index in [4.69, 9.17) is 5.73 Å². The van der Waals surface area contributed by atoms with Gasteiger partial charge in [-0.25, -0.2) is 0 Å². The highest BCUT2D eigenvalue weighted by atomic mass is 32.1. The van der Waals surface area contributed by atoms with Crippen LogP contribution in [0.25, 0.3) is 0 Å². The van der Waals surface area contributed by atoms with Crippen LogP contribution in [0.5, 0.6) is 0 Å². The van der Waals surface area contributed by atoms with Gasteiger partial charge in [-0.15, -0.1) is 22.7 Å². The van der Waals surface area contributed by atoms with Gasteiger partial charge in [0.2, 0.25) is 0 Å². The molecular formula is C16H25NOS2. The lowest BCUT2D eigenvalue weighted by atomic mass is 10.2. The van der Waals surface area contributed by atoms with Gasteiger partial charge < -0.3 is 5.73 Å². The predicted molar refractivity (Wildman–Crippen MR) is 93.2 cm³/mol. The average Bonchev–Trinajstić information content (AvgIpc) is 3.01. The largest absolute Gasteiger partial charge is 0.391 e. The fourth-order valence-electron chi connectivity index (χ4n) is 1.31. The van der Waals surface area contributed by atoms with Crippen molar-refractivity contribution < 1.29 is 4.79 Å². The van der Waals surface area contributed by atoms with Crippen molar-refractivity contribution in [1.82, 2.24) is 0 Å². The zero-order chi connectivity index (χ0) is 15.7. The number of thiophene rings is 2. The average molecular weight is 312 g/mol. The van der Waals surface area contributed by atoms with Crippen molar-refractivity contribution in [3.63, 3.8) is 0 Å². The maximum absolute atomic E-state index is 10.6. The minimum Gasteiger partial charge on any atom is -0.391 e. The van der Waals surface area contributed by atoms with Crippen molar-refractivity contribution in [1.29, 1.82) is 0 Å². The van der Waals surface area contributed by atoms with Crippen molar-refractivity contribution in [2.75, 3.05) is 5.73 Å². The molecule has 20 heavy (non-hydrogen) atoms. The number of aryl methyl sites for hydroxylation is 1. The summed E-state index contributed by atoms with van der Waals surface area (Å²) in [6.07, 6.45) is 0. The summed E-state index contributed by atoms with van der Waals surface area (Å²) in [6.45, 7) is 12.1. The molecule has 112 valence electrons. The third kappa shape index (κ3) is 6.87. The molecule has 0 aliphatic rings. The molecule has 2 heterocycles. The van der Waals surface area contributed by atoms with Gasteiger partial charge in [-0.2, -0.15) is 0 Å². The van der Waals surface area contributed by atoms with E-state index in [9.17, 15) is 4.79 Å². The minimum atomic E-state index is 0.0803. The SMILES string of the molecule is CC.CC(=O)c1ccc(N)s1.Cc1ccc(C(C)C)s1. The standard InChI is InChI=1S/C8H12S.C6H7NOS.C2H6/c1-6(2)8-5-4-7(3)9-8;1-4(8)5-2-3-6(7)9-5;1-2/h4-6H,1-3H3;2-3H,7H2,1H3;1-2H3. The Morgan fingerprint density at radius 3 is 1.90 bits per heavy atom. The van der Waals surface area contributed by atoms with Gasteiger partial charge in [-0.3, -0.25) is 4.79 Å². The van der Waals surface area contributed by atoms with Crippen LogP contribution in [0.1, 0.15) is 60.0 Å². The lowest BCUT2D eigenvalue weighted by Crippen LogP contribution is -1.83. The van der Waals surface area contributed by atoms with Crippen molar-refractivity contribution in [2.45, 2.75) is 47.5 Å². The Morgan fingerprint density at radius 2 is 1.70 bits per heavy atom. The highest BCUT2D eigenvalue weighted by molar-refractivity contribution is 7.17. The summed E-state index contributed by atoms with van der Waals surface area (Å²) in [5.41, 5.74) is 5.38. The molecule has 2 rings (SSSR count). The number of carbonyl (C=O) groups is 1. The van der Waals surface area contributed by atoms with Gasteiger partial charge >= 0.3 is 0 Å². The van der Waals surface area contributed by atoms with Crippen LogP contribution in [0, 0.1) is 6.92 Å². The molecule has 4 heteroatoms. The monoisotopic (exact) mass is 311 g/mol. The van der Waals surface area contributed by atoms with E-state index in [1.165, 1.54) is 28.0 Å². The molecule has 0 aliphatic carbocycles. The van der Waals surface area contributed by atoms with Crippen LogP contribution in [0.2, 0.25) is 0 Å². The summed E-state index contributed by atoms with van der Waals surface area (Å²) in [7, 11) is 0. The molecule has 0 bridgehead atoms. The number of carbonyl (C=O) groups excluding carboxylic acids is 1. The first-order chi connectivity index (χ1) is 9.40. The van der Waals surface area contributed by atoms with Crippen LogP contribution in [0.4, 0.5) is 5.00 Å². The lowest BCUT2D eigenvalue weighted by Gasteiger charge is -1.96. The first-order valence-electron chi connectivity index (χ1n) is 6.82. The fourth-order valence-corrected chi connectivity index (χ4v) is 2.86. The van der Waals surface area contributed by atoms with E-state index in [1.807, 2.05) is 25.2 Å². The van der Waals surface area contributed by atoms with Crippen LogP contribution in [-0.4, -0.2) is 5.78 Å². The first-order valence-corrected chi connectivity index (χ1v) is 8.46. The van der Waals surface area contributed by atoms with Gasteiger partial charge in [-0.05, 0) is 44.0 Å². The molecule has 0 saturated carbocycles. The van der Waals surface area contributed by atoms with E-state index in [-0.39, 0.29) is 5.78 Å². The van der Waals surface area contributed by atoms with E-state index in [1.54, 1.807) is 12.1 Å². The molecule has 0 aromatic carbocycles. The molecular weight excluding hydrogens is 286 g/mol. The van der Waals surface area contributed by atoms with Gasteiger partial charge in [0.15, 0.2) is 5.78 Å². The molecule has 0 spiro atoms. The number of nitrogens with two attached hydrogens (primary N) is 1. The molecule has 2 N–H and O–H groups in total. The Kier molecular flexibility index (Phi) is 9.17. The van der Waals surface area contributed by atoms with E-state index in [0.29, 0.717) is 10.9 Å². The zero-order valence-electron chi connectivity index (χ0n) is 13.2. The van der Waals surface area contributed by atoms with E-state index in [0.717, 1.165) is 4.88 Å². The molecule has 2 aromatic rings. The predicted octanol–water partition coefficient (Wildman–Crippen LogP) is 5.74. The second-order valence-electron chi connectivity index (χ2n) is 4.36. The number of nitrogen functional groups attached to an aromatic ring is 1. The van der Waals surface area contributed by atoms with E-state index >= 15 is 0 Å². The Labute approximate surface area is 130 Å². The summed E-state index contributed by atoms with van der Waals surface area (Å²) in [6, 6.07) is 7.87. The number of ketones is 1. The summed E-state index contributed by atoms with van der Waals surface area (Å²) in [4.78, 5) is 14.3. The van der Waals surface area contributed by atoms with Crippen molar-refractivity contribution in [3.05, 3.63) is 38.9 Å². The maximum Gasteiger partial charge on any atom is 0.169 e. The normalized spacial score (nSPS) is 9.35. The van der Waals surface area contributed by atoms with E-state index in [2.05, 4.69) is 32.9 Å². The lowest BCUT2D eigenvalue weighted by molar-refractivity contribution is 0.102. The number of Topliss-reactive ketones (excluding diaryl/α,β-unsaturated/α-hetero) is 1. The highest BCUT2D eigenvalue weighted by Crippen LogP contribution is 2.22. The summed E-state index contributed by atoms with van der Waals surface area (Å²) in [5.74, 6) is 0.778. The molecule has 2 aromatic heterocycles. The topological polar surface area (TPSA) is 43.1 Å². The molecule has 0 aliphatic heterocycles. The molecule has 0 radical (unpaired) electrons. The van der Waals surface area contributed by atoms with Crippen molar-refractivity contribution >= 4 is 33.5 Å². The second kappa shape index (κ2) is 9.72. The van der Waals surface area contributed by atoms with Gasteiger partial charge in [0, 0.05) is 9.75 Å². The first kappa shape index (κ1) is 18.9. The number of hydrogen-bond donors (Lipinski definition) is 1. The van der Waals surface area contributed by atoms with Crippen LogP contribution in [0.3, 0.4) is 0 Å². The number of anilines is 1. The summed E-state index contributed by atoms with van der Waals surface area (Å²) in [5, 5.41) is 0.695. The fraction of sp³-hybridized carbons (Fsp3) is 0.438. The van der Waals surface area contributed by atoms with E-state index < -0.39 is 0 Å². The van der Waals surface area contributed by atoms with Gasteiger partial charge in [0.25, 0.3) is 0 Å². The Balaban J connectivity index is 0.000000321. The smallest absolute Gasteiger partial charge is 0.169 e. The highest BCUT2D eigenvalue weighted by Gasteiger charge is 2.00. The van der Waals surface area contributed by atoms with Gasteiger partial charge in [0.1, 0.15) is 0 Å². The number of hydrogen-bond acceptors (Lipinski definition) is 4. The van der Waals surface area contributed by atoms with Crippen molar-refractivity contribution in [3.8, 4) is 0 Å². The summed E-state index contributed by atoms with van der Waals surface area (Å²) >= 11 is 3.22. The maximum atomic E-state index is 10.6. The molecule has 0 fully saturated rings. The second-order valence-corrected chi connectivity index (χ2v) is 6.80. The molecule has 0 atom stereocenters. The Morgan fingerprint density at radius 1 is 1.10 bits per heavy atom. The molecule has 0 saturated heterocycles. The van der Waals surface area contributed by atoms with Gasteiger partial charge in [0.05, 0.1) is 9.88 Å². The van der Waals surface area contributed by atoms with Crippen LogP contribution < -0.4 is 5.73 Å². The van der Waals surface area contributed by atoms with Crippen molar-refractivity contribution in [2.24, 2.45) is 0 Å². The van der Waals surface area contributed by atoms with Crippen LogP contribution in [0.15, 0.2) is 24.3 Å². The Hall–Kier alpha value is -1.13. The quantitative estimate of drug-likeness (QED) is 0.719. The van der Waals surface area contributed by atoms with Crippen LogP contribution in [-0.2, 0) is 0 Å². The molecule has 2 nitrogen and oxygen atoms in total.